The van der Waals surface area contributed by atoms with Gasteiger partial charge in [0.05, 0.1) is 6.61 Å². The lowest BCUT2D eigenvalue weighted by Gasteiger charge is -2.20. The summed E-state index contributed by atoms with van der Waals surface area (Å²) < 4.78 is 0. The Hall–Kier alpha value is -0.0300. The number of aliphatic hydroxyl groups excluding tert-OH is 1. The normalized spacial score (nSPS) is 15.4. The molecule has 0 spiro atoms. The van der Waals surface area contributed by atoms with E-state index in [0.29, 0.717) is 6.04 Å². The minimum Gasteiger partial charge on any atom is -0.395 e. The number of hydrogen-bond donors (Lipinski definition) is 2. The van der Waals surface area contributed by atoms with Crippen LogP contribution in [0.15, 0.2) is 17.5 Å². The van der Waals surface area contributed by atoms with Crippen molar-refractivity contribution in [1.82, 2.24) is 5.32 Å². The molecule has 0 aliphatic heterocycles. The van der Waals surface area contributed by atoms with E-state index in [1.165, 1.54) is 4.88 Å². The third kappa shape index (κ3) is 3.61. The molecular formula is C10H17NOS2. The molecule has 2 N–H and O–H groups in total. The average Bonchev–Trinajstić information content (AvgIpc) is 2.69. The SMILES string of the molecule is CSC(CO)C(C)NCc1cccs1. The summed E-state index contributed by atoms with van der Waals surface area (Å²) in [5.74, 6) is 0. The first kappa shape index (κ1) is 12.0. The standard InChI is InChI=1S/C10H17NOS2/c1-8(10(7-12)13-2)11-6-9-4-3-5-14-9/h3-5,8,10-12H,6-7H2,1-2H3. The maximum absolute atomic E-state index is 9.10. The van der Waals surface area contributed by atoms with Crippen LogP contribution in [0.25, 0.3) is 0 Å². The van der Waals surface area contributed by atoms with Crippen molar-refractivity contribution in [2.75, 3.05) is 12.9 Å². The zero-order chi connectivity index (χ0) is 10.4. The molecule has 0 aliphatic carbocycles. The summed E-state index contributed by atoms with van der Waals surface area (Å²) in [7, 11) is 0. The largest absolute Gasteiger partial charge is 0.395 e. The van der Waals surface area contributed by atoms with Gasteiger partial charge in [0.25, 0.3) is 0 Å². The van der Waals surface area contributed by atoms with Crippen LogP contribution in [0.5, 0.6) is 0 Å². The van der Waals surface area contributed by atoms with Gasteiger partial charge < -0.3 is 10.4 Å². The molecule has 0 fully saturated rings. The van der Waals surface area contributed by atoms with Gasteiger partial charge in [-0.3, -0.25) is 0 Å². The number of aliphatic hydroxyl groups is 1. The second-order valence-electron chi connectivity index (χ2n) is 3.21. The monoisotopic (exact) mass is 231 g/mol. The van der Waals surface area contributed by atoms with Crippen LogP contribution < -0.4 is 5.32 Å². The van der Waals surface area contributed by atoms with Crippen molar-refractivity contribution in [3.05, 3.63) is 22.4 Å². The summed E-state index contributed by atoms with van der Waals surface area (Å²) >= 11 is 3.47. The molecule has 1 heterocycles. The number of hydrogen-bond acceptors (Lipinski definition) is 4. The molecule has 0 bridgehead atoms. The van der Waals surface area contributed by atoms with Crippen molar-refractivity contribution in [1.29, 1.82) is 0 Å². The van der Waals surface area contributed by atoms with Crippen molar-refractivity contribution >= 4 is 23.1 Å². The molecule has 2 atom stereocenters. The lowest BCUT2D eigenvalue weighted by molar-refractivity contribution is 0.276. The lowest BCUT2D eigenvalue weighted by atomic mass is 10.2. The molecular weight excluding hydrogens is 214 g/mol. The highest BCUT2D eigenvalue weighted by Crippen LogP contribution is 2.12. The quantitative estimate of drug-likeness (QED) is 0.785. The zero-order valence-corrected chi connectivity index (χ0v) is 10.2. The van der Waals surface area contributed by atoms with E-state index in [4.69, 9.17) is 5.11 Å². The summed E-state index contributed by atoms with van der Waals surface area (Å²) in [5.41, 5.74) is 0. The van der Waals surface area contributed by atoms with Crippen molar-refractivity contribution in [3.63, 3.8) is 0 Å². The Bertz CT molecular complexity index is 234. The van der Waals surface area contributed by atoms with E-state index in [1.54, 1.807) is 23.1 Å². The molecule has 2 unspecified atom stereocenters. The average molecular weight is 231 g/mol. The van der Waals surface area contributed by atoms with Gasteiger partial charge >= 0.3 is 0 Å². The fourth-order valence-electron chi connectivity index (χ4n) is 1.24. The van der Waals surface area contributed by atoms with Crippen LogP contribution in [0.1, 0.15) is 11.8 Å². The topological polar surface area (TPSA) is 32.3 Å². The lowest BCUT2D eigenvalue weighted by Crippen LogP contribution is -2.36. The predicted molar refractivity (Wildman–Crippen MR) is 65.0 cm³/mol. The minimum absolute atomic E-state index is 0.236. The molecule has 0 aromatic carbocycles. The van der Waals surface area contributed by atoms with Gasteiger partial charge in [0.1, 0.15) is 0 Å². The fourth-order valence-corrected chi connectivity index (χ4v) is 2.55. The molecule has 14 heavy (non-hydrogen) atoms. The van der Waals surface area contributed by atoms with E-state index in [2.05, 4.69) is 29.8 Å². The summed E-state index contributed by atoms with van der Waals surface area (Å²) in [6, 6.07) is 4.53. The number of rotatable bonds is 6. The maximum atomic E-state index is 9.10. The Balaban J connectivity index is 2.30. The van der Waals surface area contributed by atoms with Gasteiger partial charge in [0, 0.05) is 22.7 Å². The first-order valence-electron chi connectivity index (χ1n) is 4.67. The smallest absolute Gasteiger partial charge is 0.0564 e. The summed E-state index contributed by atoms with van der Waals surface area (Å²) in [6.45, 7) is 3.25. The molecule has 2 nitrogen and oxygen atoms in total. The van der Waals surface area contributed by atoms with Gasteiger partial charge in [-0.05, 0) is 24.6 Å². The molecule has 1 rings (SSSR count). The third-order valence-electron chi connectivity index (χ3n) is 2.22. The summed E-state index contributed by atoms with van der Waals surface area (Å²) in [4.78, 5) is 1.34. The number of thiophene rings is 1. The van der Waals surface area contributed by atoms with E-state index < -0.39 is 0 Å². The van der Waals surface area contributed by atoms with Crippen LogP contribution in [-0.2, 0) is 6.54 Å². The first-order valence-corrected chi connectivity index (χ1v) is 6.84. The third-order valence-corrected chi connectivity index (χ3v) is 4.26. The predicted octanol–water partition coefficient (Wildman–Crippen LogP) is 1.95. The van der Waals surface area contributed by atoms with Crippen LogP contribution in [0, 0.1) is 0 Å². The molecule has 0 saturated carbocycles. The van der Waals surface area contributed by atoms with Gasteiger partial charge in [-0.25, -0.2) is 0 Å². The number of thioether (sulfide) groups is 1. The van der Waals surface area contributed by atoms with Crippen LogP contribution >= 0.6 is 23.1 Å². The summed E-state index contributed by atoms with van der Waals surface area (Å²) in [5, 5.41) is 14.9. The van der Waals surface area contributed by atoms with Crippen LogP contribution in [0.2, 0.25) is 0 Å². The molecule has 0 saturated heterocycles. The Labute approximate surface area is 93.7 Å². The second-order valence-corrected chi connectivity index (χ2v) is 5.31. The van der Waals surface area contributed by atoms with E-state index in [9.17, 15) is 0 Å². The van der Waals surface area contributed by atoms with Gasteiger partial charge in [0.2, 0.25) is 0 Å². The van der Waals surface area contributed by atoms with Crippen molar-refractivity contribution < 1.29 is 5.11 Å². The van der Waals surface area contributed by atoms with Crippen molar-refractivity contribution in [2.24, 2.45) is 0 Å². The minimum atomic E-state index is 0.236. The molecule has 0 radical (unpaired) electrons. The van der Waals surface area contributed by atoms with Gasteiger partial charge in [0.15, 0.2) is 0 Å². The molecule has 0 amide bonds. The zero-order valence-electron chi connectivity index (χ0n) is 8.56. The second kappa shape index (κ2) is 6.45. The molecule has 1 aromatic rings. The van der Waals surface area contributed by atoms with Gasteiger partial charge in [-0.1, -0.05) is 6.07 Å². The highest BCUT2D eigenvalue weighted by atomic mass is 32.2. The Morgan fingerprint density at radius 1 is 1.64 bits per heavy atom. The molecule has 4 heteroatoms. The summed E-state index contributed by atoms with van der Waals surface area (Å²) in [6.07, 6.45) is 2.03. The Morgan fingerprint density at radius 3 is 2.93 bits per heavy atom. The molecule has 1 aromatic heterocycles. The van der Waals surface area contributed by atoms with E-state index in [0.717, 1.165) is 6.54 Å². The Kier molecular flexibility index (Phi) is 5.55. The van der Waals surface area contributed by atoms with Crippen LogP contribution in [0.3, 0.4) is 0 Å². The fraction of sp³-hybridized carbons (Fsp3) is 0.600. The van der Waals surface area contributed by atoms with E-state index in [1.807, 2.05) is 6.26 Å². The van der Waals surface area contributed by atoms with Crippen LogP contribution in [0.4, 0.5) is 0 Å². The molecule has 0 aliphatic rings. The highest BCUT2D eigenvalue weighted by molar-refractivity contribution is 7.99. The van der Waals surface area contributed by atoms with Gasteiger partial charge in [-0.2, -0.15) is 11.8 Å². The van der Waals surface area contributed by atoms with Crippen LogP contribution in [-0.4, -0.2) is 29.3 Å². The molecule has 80 valence electrons. The van der Waals surface area contributed by atoms with Gasteiger partial charge in [-0.15, -0.1) is 11.3 Å². The number of nitrogens with one attached hydrogen (secondary N) is 1. The van der Waals surface area contributed by atoms with Crippen molar-refractivity contribution in [3.8, 4) is 0 Å². The maximum Gasteiger partial charge on any atom is 0.0564 e. The first-order chi connectivity index (χ1) is 6.77. The van der Waals surface area contributed by atoms with E-state index in [-0.39, 0.29) is 11.9 Å². The van der Waals surface area contributed by atoms with Crippen molar-refractivity contribution in [2.45, 2.75) is 24.8 Å². The highest BCUT2D eigenvalue weighted by Gasteiger charge is 2.14. The van der Waals surface area contributed by atoms with E-state index >= 15 is 0 Å². The Morgan fingerprint density at radius 2 is 2.43 bits per heavy atom.